The molecular weight excluding hydrogens is 148 g/mol. The predicted octanol–water partition coefficient (Wildman–Crippen LogP) is 2.34. The van der Waals surface area contributed by atoms with Crippen LogP contribution in [0.1, 0.15) is 46.0 Å². The van der Waals surface area contributed by atoms with Crippen molar-refractivity contribution in [1.82, 2.24) is 0 Å². The van der Waals surface area contributed by atoms with Crippen molar-refractivity contribution in [3.63, 3.8) is 0 Å². The van der Waals surface area contributed by atoms with E-state index in [1.807, 2.05) is 0 Å². The Kier molecular flexibility index (Phi) is 3.17. The van der Waals surface area contributed by atoms with Crippen LogP contribution in [0.15, 0.2) is 0 Å². The minimum Gasteiger partial charge on any atom is -0.378 e. The van der Waals surface area contributed by atoms with Crippen LogP contribution in [0.3, 0.4) is 0 Å². The monoisotopic (exact) mass is 166 g/mol. The van der Waals surface area contributed by atoms with Crippen molar-refractivity contribution in [3.8, 4) is 11.8 Å². The van der Waals surface area contributed by atoms with E-state index in [1.54, 1.807) is 13.8 Å². The summed E-state index contributed by atoms with van der Waals surface area (Å²) in [7, 11) is 0. The van der Waals surface area contributed by atoms with Gasteiger partial charge in [-0.3, -0.25) is 0 Å². The molecule has 0 radical (unpaired) electrons. The molecule has 0 atom stereocenters. The van der Waals surface area contributed by atoms with Gasteiger partial charge in [0.25, 0.3) is 0 Å². The quantitative estimate of drug-likeness (QED) is 0.548. The van der Waals surface area contributed by atoms with Crippen molar-refractivity contribution in [3.05, 3.63) is 0 Å². The summed E-state index contributed by atoms with van der Waals surface area (Å²) in [4.78, 5) is 0. The second-order valence-electron chi connectivity index (χ2n) is 4.16. The minimum atomic E-state index is -0.808. The molecule has 1 rings (SSSR count). The molecule has 1 aliphatic rings. The second kappa shape index (κ2) is 3.96. The van der Waals surface area contributed by atoms with Gasteiger partial charge in [-0.15, -0.1) is 0 Å². The highest BCUT2D eigenvalue weighted by atomic mass is 16.3. The average Bonchev–Trinajstić information content (AvgIpc) is 2.02. The summed E-state index contributed by atoms with van der Waals surface area (Å²) in [5.41, 5.74) is -0.808. The van der Waals surface area contributed by atoms with E-state index in [9.17, 15) is 5.11 Å². The fraction of sp³-hybridized carbons (Fsp3) is 0.818. The Hall–Kier alpha value is -0.480. The van der Waals surface area contributed by atoms with Crippen LogP contribution < -0.4 is 0 Å². The molecule has 0 bridgehead atoms. The molecule has 1 aliphatic carbocycles. The zero-order chi connectivity index (χ0) is 9.03. The Morgan fingerprint density at radius 2 is 1.75 bits per heavy atom. The van der Waals surface area contributed by atoms with Gasteiger partial charge in [0.05, 0.1) is 0 Å². The first-order chi connectivity index (χ1) is 5.58. The Morgan fingerprint density at radius 1 is 1.17 bits per heavy atom. The molecule has 0 aliphatic heterocycles. The van der Waals surface area contributed by atoms with E-state index in [-0.39, 0.29) is 0 Å². The molecule has 0 unspecified atom stereocenters. The molecule has 68 valence electrons. The van der Waals surface area contributed by atoms with Crippen molar-refractivity contribution >= 4 is 0 Å². The highest BCUT2D eigenvalue weighted by Gasteiger charge is 2.12. The fourth-order valence-corrected chi connectivity index (χ4v) is 1.53. The third kappa shape index (κ3) is 3.78. The molecule has 1 fully saturated rings. The Balaban J connectivity index is 2.41. The third-order valence-electron chi connectivity index (χ3n) is 2.19. The molecule has 0 heterocycles. The van der Waals surface area contributed by atoms with E-state index in [2.05, 4.69) is 11.8 Å². The first-order valence-corrected chi connectivity index (χ1v) is 4.83. The van der Waals surface area contributed by atoms with E-state index in [0.29, 0.717) is 5.92 Å². The smallest absolute Gasteiger partial charge is 0.119 e. The van der Waals surface area contributed by atoms with Gasteiger partial charge in [0.15, 0.2) is 0 Å². The summed E-state index contributed by atoms with van der Waals surface area (Å²) in [6, 6.07) is 0. The van der Waals surface area contributed by atoms with Crippen LogP contribution in [0.2, 0.25) is 0 Å². The summed E-state index contributed by atoms with van der Waals surface area (Å²) in [6.45, 7) is 3.48. The van der Waals surface area contributed by atoms with Crippen LogP contribution in [0.25, 0.3) is 0 Å². The first-order valence-electron chi connectivity index (χ1n) is 4.83. The van der Waals surface area contributed by atoms with Crippen LogP contribution in [0, 0.1) is 17.8 Å². The van der Waals surface area contributed by atoms with Gasteiger partial charge < -0.3 is 5.11 Å². The van der Waals surface area contributed by atoms with Gasteiger partial charge in [-0.25, -0.2) is 0 Å². The normalized spacial score (nSPS) is 19.9. The maximum absolute atomic E-state index is 9.37. The van der Waals surface area contributed by atoms with E-state index in [4.69, 9.17) is 0 Å². The zero-order valence-electron chi connectivity index (χ0n) is 8.06. The second-order valence-corrected chi connectivity index (χ2v) is 4.16. The van der Waals surface area contributed by atoms with Gasteiger partial charge in [-0.1, -0.05) is 31.1 Å². The van der Waals surface area contributed by atoms with Crippen molar-refractivity contribution < 1.29 is 5.11 Å². The number of aliphatic hydroxyl groups is 1. The molecular formula is C11H18O. The largest absolute Gasteiger partial charge is 0.378 e. The van der Waals surface area contributed by atoms with E-state index in [1.165, 1.54) is 32.1 Å². The van der Waals surface area contributed by atoms with Crippen molar-refractivity contribution in [2.75, 3.05) is 0 Å². The number of rotatable bonds is 0. The number of hydrogen-bond donors (Lipinski definition) is 1. The molecule has 1 nitrogen and oxygen atoms in total. The van der Waals surface area contributed by atoms with E-state index < -0.39 is 5.60 Å². The molecule has 0 amide bonds. The van der Waals surface area contributed by atoms with Crippen molar-refractivity contribution in [2.24, 2.45) is 5.92 Å². The lowest BCUT2D eigenvalue weighted by Gasteiger charge is -2.16. The Bertz CT molecular complexity index is 183. The summed E-state index contributed by atoms with van der Waals surface area (Å²) < 4.78 is 0. The SMILES string of the molecule is CC(C)(O)C#CC1CCCCC1. The van der Waals surface area contributed by atoms with Crippen LogP contribution in [-0.2, 0) is 0 Å². The summed E-state index contributed by atoms with van der Waals surface area (Å²) in [5, 5.41) is 9.37. The highest BCUT2D eigenvalue weighted by Crippen LogP contribution is 2.22. The number of hydrogen-bond acceptors (Lipinski definition) is 1. The van der Waals surface area contributed by atoms with Crippen LogP contribution >= 0.6 is 0 Å². The zero-order valence-corrected chi connectivity index (χ0v) is 8.06. The predicted molar refractivity (Wildman–Crippen MR) is 50.6 cm³/mol. The molecule has 0 aromatic rings. The van der Waals surface area contributed by atoms with Gasteiger partial charge >= 0.3 is 0 Å². The van der Waals surface area contributed by atoms with Gasteiger partial charge in [0, 0.05) is 5.92 Å². The van der Waals surface area contributed by atoms with E-state index >= 15 is 0 Å². The third-order valence-corrected chi connectivity index (χ3v) is 2.19. The summed E-state index contributed by atoms with van der Waals surface area (Å²) in [5.74, 6) is 6.61. The summed E-state index contributed by atoms with van der Waals surface area (Å²) >= 11 is 0. The lowest BCUT2D eigenvalue weighted by atomic mass is 9.89. The average molecular weight is 166 g/mol. The molecule has 1 heteroatoms. The highest BCUT2D eigenvalue weighted by molar-refractivity contribution is 5.12. The Morgan fingerprint density at radius 3 is 2.25 bits per heavy atom. The fourth-order valence-electron chi connectivity index (χ4n) is 1.53. The van der Waals surface area contributed by atoms with E-state index in [0.717, 1.165) is 0 Å². The molecule has 1 N–H and O–H groups in total. The standard InChI is InChI=1S/C11H18O/c1-11(2,12)9-8-10-6-4-3-5-7-10/h10,12H,3-7H2,1-2H3. The first kappa shape index (κ1) is 9.61. The maximum atomic E-state index is 9.37. The lowest BCUT2D eigenvalue weighted by molar-refractivity contribution is 0.143. The minimum absolute atomic E-state index is 0.546. The van der Waals surface area contributed by atoms with Crippen LogP contribution in [-0.4, -0.2) is 10.7 Å². The maximum Gasteiger partial charge on any atom is 0.119 e. The van der Waals surface area contributed by atoms with Gasteiger partial charge in [-0.2, -0.15) is 0 Å². The van der Waals surface area contributed by atoms with Gasteiger partial charge in [0.2, 0.25) is 0 Å². The molecule has 0 spiro atoms. The molecule has 0 aromatic carbocycles. The topological polar surface area (TPSA) is 20.2 Å². The Labute approximate surface area is 75.2 Å². The lowest BCUT2D eigenvalue weighted by Crippen LogP contribution is -2.15. The molecule has 12 heavy (non-hydrogen) atoms. The van der Waals surface area contributed by atoms with Crippen molar-refractivity contribution in [1.29, 1.82) is 0 Å². The molecule has 0 saturated heterocycles. The van der Waals surface area contributed by atoms with Crippen molar-refractivity contribution in [2.45, 2.75) is 51.6 Å². The van der Waals surface area contributed by atoms with Gasteiger partial charge in [-0.05, 0) is 26.7 Å². The van der Waals surface area contributed by atoms with Gasteiger partial charge in [0.1, 0.15) is 5.60 Å². The molecule has 1 saturated carbocycles. The van der Waals surface area contributed by atoms with Crippen LogP contribution in [0.4, 0.5) is 0 Å². The summed E-state index contributed by atoms with van der Waals surface area (Å²) in [6.07, 6.45) is 6.43. The molecule has 0 aromatic heterocycles. The van der Waals surface area contributed by atoms with Crippen LogP contribution in [0.5, 0.6) is 0 Å².